The van der Waals surface area contributed by atoms with Gasteiger partial charge in [0.2, 0.25) is 0 Å². The van der Waals surface area contributed by atoms with E-state index in [1.807, 2.05) is 12.1 Å². The first-order valence-electron chi connectivity index (χ1n) is 10.7. The highest BCUT2D eigenvalue weighted by Crippen LogP contribution is 2.41. The Labute approximate surface area is 186 Å². The summed E-state index contributed by atoms with van der Waals surface area (Å²) in [7, 11) is -2.29. The number of furan rings is 1. The molecule has 32 heavy (non-hydrogen) atoms. The normalized spacial score (nSPS) is 17.1. The first-order chi connectivity index (χ1) is 15.0. The van der Waals surface area contributed by atoms with Crippen molar-refractivity contribution in [3.63, 3.8) is 0 Å². The molecule has 1 atom stereocenters. The van der Waals surface area contributed by atoms with E-state index in [-0.39, 0.29) is 15.9 Å². The fraction of sp³-hybridized carbons (Fsp3) is 0.375. The minimum atomic E-state index is -3.87. The van der Waals surface area contributed by atoms with Crippen LogP contribution in [0.4, 0.5) is 5.69 Å². The minimum Gasteiger partial charge on any atom is -0.461 e. The molecule has 0 fully saturated rings. The third-order valence-corrected chi connectivity index (χ3v) is 7.97. The molecule has 1 aliphatic carbocycles. The second kappa shape index (κ2) is 7.00. The minimum absolute atomic E-state index is 0.0291. The van der Waals surface area contributed by atoms with E-state index in [4.69, 9.17) is 8.83 Å². The Morgan fingerprint density at radius 2 is 1.84 bits per heavy atom. The molecule has 0 saturated heterocycles. The topological polar surface area (TPSA) is 94.5 Å². The molecule has 4 aromatic rings. The van der Waals surface area contributed by atoms with Crippen LogP contribution in [0.2, 0.25) is 0 Å². The molecular formula is C24H26N2O5S. The second-order valence-electron chi connectivity index (χ2n) is 9.68. The molecular weight excluding hydrogens is 428 g/mol. The summed E-state index contributed by atoms with van der Waals surface area (Å²) >= 11 is 0. The summed E-state index contributed by atoms with van der Waals surface area (Å²) in [4.78, 5) is 11.7. The van der Waals surface area contributed by atoms with E-state index in [0.29, 0.717) is 17.1 Å². The summed E-state index contributed by atoms with van der Waals surface area (Å²) in [5, 5.41) is 0.957. The van der Waals surface area contributed by atoms with E-state index < -0.39 is 15.8 Å². The van der Waals surface area contributed by atoms with Crippen LogP contribution in [-0.2, 0) is 29.9 Å². The quantitative estimate of drug-likeness (QED) is 0.478. The molecule has 0 unspecified atom stereocenters. The van der Waals surface area contributed by atoms with Gasteiger partial charge >= 0.3 is 5.76 Å². The monoisotopic (exact) mass is 454 g/mol. The number of aromatic nitrogens is 1. The van der Waals surface area contributed by atoms with Gasteiger partial charge in [0.15, 0.2) is 5.58 Å². The number of hydrogen-bond donors (Lipinski definition) is 1. The van der Waals surface area contributed by atoms with Gasteiger partial charge in [0.25, 0.3) is 10.0 Å². The van der Waals surface area contributed by atoms with Crippen molar-refractivity contribution in [1.82, 2.24) is 4.57 Å². The Morgan fingerprint density at radius 3 is 2.59 bits per heavy atom. The number of oxazole rings is 1. The second-order valence-corrected chi connectivity index (χ2v) is 11.4. The van der Waals surface area contributed by atoms with Crippen molar-refractivity contribution >= 4 is 37.8 Å². The molecule has 1 aliphatic rings. The van der Waals surface area contributed by atoms with E-state index in [2.05, 4.69) is 25.5 Å². The Hall–Kier alpha value is -3.00. The predicted molar refractivity (Wildman–Crippen MR) is 123 cm³/mol. The molecule has 0 radical (unpaired) electrons. The zero-order chi connectivity index (χ0) is 22.8. The Morgan fingerprint density at radius 1 is 1.06 bits per heavy atom. The molecule has 7 nitrogen and oxygen atoms in total. The van der Waals surface area contributed by atoms with Gasteiger partial charge in [-0.2, -0.15) is 0 Å². The average molecular weight is 455 g/mol. The fourth-order valence-electron chi connectivity index (χ4n) is 4.58. The summed E-state index contributed by atoms with van der Waals surface area (Å²) < 4.78 is 41.2. The number of nitrogens with one attached hydrogen (secondary N) is 1. The van der Waals surface area contributed by atoms with Gasteiger partial charge in [-0.15, -0.1) is 0 Å². The Balaban J connectivity index is 1.49. The maximum atomic E-state index is 13.0. The highest BCUT2D eigenvalue weighted by atomic mass is 32.2. The van der Waals surface area contributed by atoms with Crippen LogP contribution in [0.1, 0.15) is 38.5 Å². The third-order valence-electron chi connectivity index (χ3n) is 6.60. The standard InChI is InChI=1S/C24H26N2O5S/c1-24(2,3)14-5-9-20-17(11-14)18-12-15(6-10-21(18)30-20)25-32(28,29)16-7-8-19-22(13-16)31-23(27)26(19)4/h6-8,10,12-14,25H,5,9,11H2,1-4H3/t14-/m1/s1. The van der Waals surface area contributed by atoms with Crippen molar-refractivity contribution in [2.24, 2.45) is 18.4 Å². The number of aryl methyl sites for hydroxylation is 2. The van der Waals surface area contributed by atoms with Gasteiger partial charge in [-0.3, -0.25) is 9.29 Å². The van der Waals surface area contributed by atoms with Crippen LogP contribution in [-0.4, -0.2) is 13.0 Å². The van der Waals surface area contributed by atoms with Crippen LogP contribution in [0.5, 0.6) is 0 Å². The molecule has 2 heterocycles. The zero-order valence-corrected chi connectivity index (χ0v) is 19.4. The lowest BCUT2D eigenvalue weighted by Crippen LogP contribution is -2.26. The lowest BCUT2D eigenvalue weighted by Gasteiger charge is -2.33. The highest BCUT2D eigenvalue weighted by molar-refractivity contribution is 7.92. The lowest BCUT2D eigenvalue weighted by molar-refractivity contribution is 0.210. The molecule has 8 heteroatoms. The van der Waals surface area contributed by atoms with Crippen LogP contribution in [0.25, 0.3) is 22.1 Å². The van der Waals surface area contributed by atoms with E-state index in [9.17, 15) is 13.2 Å². The zero-order valence-electron chi connectivity index (χ0n) is 18.6. The van der Waals surface area contributed by atoms with Gasteiger partial charge in [-0.25, -0.2) is 13.2 Å². The number of hydrogen-bond acceptors (Lipinski definition) is 5. The summed E-state index contributed by atoms with van der Waals surface area (Å²) in [6, 6.07) is 9.77. The number of anilines is 1. The van der Waals surface area contributed by atoms with Crippen LogP contribution in [0.3, 0.4) is 0 Å². The number of sulfonamides is 1. The Bertz CT molecular complexity index is 1520. The van der Waals surface area contributed by atoms with Gasteiger partial charge in [0.05, 0.1) is 10.4 Å². The molecule has 0 saturated carbocycles. The SMILES string of the molecule is Cn1c(=O)oc2cc(S(=O)(=O)Nc3ccc4oc5c(c4c3)C[C@H](C(C)(C)C)CC5)ccc21. The maximum Gasteiger partial charge on any atom is 0.419 e. The molecule has 5 rings (SSSR count). The average Bonchev–Trinajstić information content (AvgIpc) is 3.23. The number of benzene rings is 2. The smallest absolute Gasteiger partial charge is 0.419 e. The molecule has 2 aromatic carbocycles. The largest absolute Gasteiger partial charge is 0.461 e. The highest BCUT2D eigenvalue weighted by Gasteiger charge is 2.31. The Kier molecular flexibility index (Phi) is 4.57. The van der Waals surface area contributed by atoms with Gasteiger partial charge in [-0.1, -0.05) is 20.8 Å². The molecule has 0 bridgehead atoms. The summed E-state index contributed by atoms with van der Waals surface area (Å²) in [6.45, 7) is 6.78. The molecule has 168 valence electrons. The molecule has 1 N–H and O–H groups in total. The van der Waals surface area contributed by atoms with Crippen molar-refractivity contribution < 1.29 is 17.3 Å². The van der Waals surface area contributed by atoms with Gasteiger partial charge in [0, 0.05) is 36.2 Å². The van der Waals surface area contributed by atoms with Gasteiger partial charge in [-0.05, 0) is 54.5 Å². The molecule has 0 aliphatic heterocycles. The molecule has 2 aromatic heterocycles. The van der Waals surface area contributed by atoms with Gasteiger partial charge < -0.3 is 8.83 Å². The van der Waals surface area contributed by atoms with Crippen molar-refractivity contribution in [2.45, 2.75) is 44.9 Å². The van der Waals surface area contributed by atoms with Crippen molar-refractivity contribution in [1.29, 1.82) is 0 Å². The number of fused-ring (bicyclic) bond motifs is 4. The van der Waals surface area contributed by atoms with Crippen LogP contribution in [0.15, 0.2) is 54.9 Å². The van der Waals surface area contributed by atoms with E-state index in [1.54, 1.807) is 19.2 Å². The van der Waals surface area contributed by atoms with Crippen molar-refractivity contribution in [3.8, 4) is 0 Å². The van der Waals surface area contributed by atoms with E-state index >= 15 is 0 Å². The van der Waals surface area contributed by atoms with Crippen molar-refractivity contribution in [2.75, 3.05) is 4.72 Å². The van der Waals surface area contributed by atoms with Crippen LogP contribution >= 0.6 is 0 Å². The van der Waals surface area contributed by atoms with Gasteiger partial charge in [0.1, 0.15) is 11.3 Å². The number of rotatable bonds is 3. The van der Waals surface area contributed by atoms with Crippen molar-refractivity contribution in [3.05, 3.63) is 58.3 Å². The summed E-state index contributed by atoms with van der Waals surface area (Å²) in [5.41, 5.74) is 3.39. The molecule has 0 spiro atoms. The van der Waals surface area contributed by atoms with Crippen LogP contribution in [0, 0.1) is 11.3 Å². The first kappa shape index (κ1) is 20.9. The fourth-order valence-corrected chi connectivity index (χ4v) is 5.64. The predicted octanol–water partition coefficient (Wildman–Crippen LogP) is 4.83. The number of nitrogens with zero attached hydrogens (tertiary/aromatic N) is 1. The van der Waals surface area contributed by atoms with E-state index in [1.165, 1.54) is 22.3 Å². The first-order valence-corrected chi connectivity index (χ1v) is 12.2. The summed E-state index contributed by atoms with van der Waals surface area (Å²) in [6.07, 6.45) is 2.91. The third kappa shape index (κ3) is 3.43. The van der Waals surface area contributed by atoms with E-state index in [0.717, 1.165) is 36.0 Å². The summed E-state index contributed by atoms with van der Waals surface area (Å²) in [5.74, 6) is 1.01. The maximum absolute atomic E-state index is 13.0. The van der Waals surface area contributed by atoms with Crippen LogP contribution < -0.4 is 10.5 Å². The lowest BCUT2D eigenvalue weighted by atomic mass is 9.71. The molecule has 0 amide bonds.